The van der Waals surface area contributed by atoms with E-state index in [1.54, 1.807) is 20.0 Å². The van der Waals surface area contributed by atoms with Crippen molar-refractivity contribution < 1.29 is 4.39 Å². The van der Waals surface area contributed by atoms with Crippen molar-refractivity contribution in [3.63, 3.8) is 0 Å². The van der Waals surface area contributed by atoms with Crippen molar-refractivity contribution in [3.8, 4) is 0 Å². The van der Waals surface area contributed by atoms with E-state index < -0.39 is 0 Å². The highest BCUT2D eigenvalue weighted by molar-refractivity contribution is 6.32. The molecule has 1 aromatic heterocycles. The number of aromatic amines is 1. The third-order valence-electron chi connectivity index (χ3n) is 1.99. The van der Waals surface area contributed by atoms with Crippen molar-refractivity contribution in [2.75, 3.05) is 0 Å². The molecule has 2 aromatic rings. The second kappa shape index (κ2) is 2.73. The van der Waals surface area contributed by atoms with Crippen LogP contribution in [0, 0.1) is 5.82 Å². The molecule has 0 spiro atoms. The number of fused-ring (bicyclic) bond motifs is 1. The summed E-state index contributed by atoms with van der Waals surface area (Å²) in [5.41, 5.74) is 1.13. The Hall–Kier alpha value is -1.58. The topological polar surface area (TPSA) is 32.9 Å². The van der Waals surface area contributed by atoms with Crippen LogP contribution >= 0.6 is 0 Å². The van der Waals surface area contributed by atoms with Gasteiger partial charge in [-0.05, 0) is 23.7 Å². The van der Waals surface area contributed by atoms with Crippen molar-refractivity contribution in [1.82, 2.24) is 4.98 Å². The van der Waals surface area contributed by atoms with Gasteiger partial charge in [0.15, 0.2) is 0 Å². The lowest BCUT2D eigenvalue weighted by Gasteiger charge is -1.98. The van der Waals surface area contributed by atoms with Crippen molar-refractivity contribution >= 4 is 24.2 Å². The van der Waals surface area contributed by atoms with E-state index in [-0.39, 0.29) is 11.4 Å². The number of nitrogens with one attached hydrogen (secondary N) is 1. The van der Waals surface area contributed by atoms with Crippen LogP contribution in [-0.2, 0) is 0 Å². The standard InChI is InChI=1S/C9H7BFNO/c10-7-4-5-3-6(11)1-2-8(5)12-9(7)13/h1-4H,10H2,(H,12,13). The molecule has 64 valence electrons. The molecule has 1 heterocycles. The van der Waals surface area contributed by atoms with Gasteiger partial charge in [0.25, 0.3) is 0 Å². The first-order valence-corrected chi connectivity index (χ1v) is 3.96. The van der Waals surface area contributed by atoms with Gasteiger partial charge >= 0.3 is 0 Å². The van der Waals surface area contributed by atoms with Crippen LogP contribution in [0.1, 0.15) is 0 Å². The van der Waals surface area contributed by atoms with Crippen LogP contribution in [0.5, 0.6) is 0 Å². The minimum atomic E-state index is -0.293. The Kier molecular flexibility index (Phi) is 1.69. The van der Waals surface area contributed by atoms with Crippen LogP contribution in [0.3, 0.4) is 0 Å². The second-order valence-electron chi connectivity index (χ2n) is 3.01. The highest BCUT2D eigenvalue weighted by atomic mass is 19.1. The lowest BCUT2D eigenvalue weighted by molar-refractivity contribution is 0.629. The number of rotatable bonds is 0. The minimum Gasteiger partial charge on any atom is -0.322 e. The van der Waals surface area contributed by atoms with Gasteiger partial charge in [0, 0.05) is 10.9 Å². The fourth-order valence-electron chi connectivity index (χ4n) is 1.29. The number of pyridine rings is 1. The molecule has 1 N–H and O–H groups in total. The monoisotopic (exact) mass is 175 g/mol. The molecule has 2 nitrogen and oxygen atoms in total. The van der Waals surface area contributed by atoms with E-state index in [2.05, 4.69) is 4.98 Å². The summed E-state index contributed by atoms with van der Waals surface area (Å²) in [7, 11) is 1.70. The van der Waals surface area contributed by atoms with Crippen LogP contribution in [-0.4, -0.2) is 12.8 Å². The van der Waals surface area contributed by atoms with E-state index in [0.29, 0.717) is 11.0 Å². The van der Waals surface area contributed by atoms with E-state index in [4.69, 9.17) is 0 Å². The van der Waals surface area contributed by atoms with Gasteiger partial charge < -0.3 is 4.98 Å². The average Bonchev–Trinajstić information content (AvgIpc) is 2.08. The Morgan fingerprint density at radius 3 is 2.85 bits per heavy atom. The van der Waals surface area contributed by atoms with Gasteiger partial charge in [0.2, 0.25) is 5.56 Å². The molecule has 0 unspecified atom stereocenters. The first-order valence-electron chi connectivity index (χ1n) is 3.96. The summed E-state index contributed by atoms with van der Waals surface area (Å²) in [6, 6.07) is 5.97. The maximum atomic E-state index is 12.8. The summed E-state index contributed by atoms with van der Waals surface area (Å²) in [4.78, 5) is 13.8. The largest absolute Gasteiger partial charge is 0.322 e. The lowest BCUT2D eigenvalue weighted by Crippen LogP contribution is -2.26. The zero-order valence-electron chi connectivity index (χ0n) is 7.10. The van der Waals surface area contributed by atoms with E-state index in [0.717, 1.165) is 5.39 Å². The predicted molar refractivity (Wildman–Crippen MR) is 52.7 cm³/mol. The first kappa shape index (κ1) is 8.04. The van der Waals surface area contributed by atoms with Gasteiger partial charge in [-0.2, -0.15) is 0 Å². The van der Waals surface area contributed by atoms with Gasteiger partial charge in [-0.3, -0.25) is 4.79 Å². The smallest absolute Gasteiger partial charge is 0.241 e. The number of hydrogen-bond donors (Lipinski definition) is 1. The molecule has 1 aromatic carbocycles. The first-order chi connectivity index (χ1) is 6.16. The Balaban J connectivity index is 2.89. The molecule has 0 radical (unpaired) electrons. The van der Waals surface area contributed by atoms with Gasteiger partial charge in [0.1, 0.15) is 13.7 Å². The quantitative estimate of drug-likeness (QED) is 0.558. The molecule has 0 saturated heterocycles. The normalized spacial score (nSPS) is 10.5. The molecule has 0 fully saturated rings. The molecular weight excluding hydrogens is 168 g/mol. The van der Waals surface area contributed by atoms with Gasteiger partial charge in [-0.15, -0.1) is 0 Å². The molecule has 0 aliphatic carbocycles. The van der Waals surface area contributed by atoms with Crippen LogP contribution < -0.4 is 11.0 Å². The second-order valence-corrected chi connectivity index (χ2v) is 3.01. The molecule has 0 saturated carbocycles. The maximum absolute atomic E-state index is 12.8. The summed E-state index contributed by atoms with van der Waals surface area (Å²) >= 11 is 0. The van der Waals surface area contributed by atoms with Crippen molar-refractivity contribution in [2.24, 2.45) is 0 Å². The number of hydrogen-bond acceptors (Lipinski definition) is 1. The SMILES string of the molecule is Bc1cc2cc(F)ccc2[nH]c1=O. The fraction of sp³-hybridized carbons (Fsp3) is 0. The summed E-state index contributed by atoms with van der Waals surface area (Å²) in [5, 5.41) is 0.720. The van der Waals surface area contributed by atoms with Gasteiger partial charge in [0.05, 0.1) is 0 Å². The Morgan fingerprint density at radius 2 is 2.08 bits per heavy atom. The minimum absolute atomic E-state index is 0.126. The number of aromatic nitrogens is 1. The van der Waals surface area contributed by atoms with Crippen LogP contribution in [0.4, 0.5) is 4.39 Å². The molecule has 2 rings (SSSR count). The molecule has 0 aliphatic heterocycles. The Morgan fingerprint density at radius 1 is 1.31 bits per heavy atom. The number of halogens is 1. The van der Waals surface area contributed by atoms with Crippen LogP contribution in [0.15, 0.2) is 29.1 Å². The summed E-state index contributed by atoms with van der Waals surface area (Å²) < 4.78 is 12.8. The molecule has 13 heavy (non-hydrogen) atoms. The van der Waals surface area contributed by atoms with E-state index >= 15 is 0 Å². The van der Waals surface area contributed by atoms with Crippen molar-refractivity contribution in [1.29, 1.82) is 0 Å². The molecule has 0 atom stereocenters. The molecule has 0 bridgehead atoms. The van der Waals surface area contributed by atoms with E-state index in [1.165, 1.54) is 12.1 Å². The highest BCUT2D eigenvalue weighted by Gasteiger charge is 1.98. The molecule has 0 amide bonds. The average molecular weight is 175 g/mol. The Labute approximate surface area is 74.8 Å². The number of benzene rings is 1. The van der Waals surface area contributed by atoms with E-state index in [9.17, 15) is 9.18 Å². The van der Waals surface area contributed by atoms with Crippen LogP contribution in [0.25, 0.3) is 10.9 Å². The highest BCUT2D eigenvalue weighted by Crippen LogP contribution is 2.09. The van der Waals surface area contributed by atoms with E-state index in [1.807, 2.05) is 0 Å². The lowest BCUT2D eigenvalue weighted by atomic mass is 9.96. The third-order valence-corrected chi connectivity index (χ3v) is 1.99. The molecule has 0 aliphatic rings. The van der Waals surface area contributed by atoms with Crippen molar-refractivity contribution in [3.05, 3.63) is 40.4 Å². The molecular formula is C9H7BFNO. The van der Waals surface area contributed by atoms with Crippen molar-refractivity contribution in [2.45, 2.75) is 0 Å². The zero-order chi connectivity index (χ0) is 9.42. The van der Waals surface area contributed by atoms with Gasteiger partial charge in [-0.1, -0.05) is 6.07 Å². The zero-order valence-corrected chi connectivity index (χ0v) is 7.10. The fourth-order valence-corrected chi connectivity index (χ4v) is 1.29. The summed E-state index contributed by atoms with van der Waals surface area (Å²) in [6.07, 6.45) is 0. The number of H-pyrrole nitrogens is 1. The maximum Gasteiger partial charge on any atom is 0.241 e. The molecule has 4 heteroatoms. The Bertz CT molecular complexity index is 520. The summed E-state index contributed by atoms with van der Waals surface area (Å²) in [6.45, 7) is 0. The predicted octanol–water partition coefficient (Wildman–Crippen LogP) is -0.0744. The van der Waals surface area contributed by atoms with Gasteiger partial charge in [-0.25, -0.2) is 4.39 Å². The summed E-state index contributed by atoms with van der Waals surface area (Å²) in [5.74, 6) is -0.293. The van der Waals surface area contributed by atoms with Crippen LogP contribution in [0.2, 0.25) is 0 Å². The third kappa shape index (κ3) is 1.35.